The number of rotatable bonds is 6. The van der Waals surface area contributed by atoms with E-state index < -0.39 is 0 Å². The molecule has 0 aliphatic carbocycles. The van der Waals surface area contributed by atoms with Crippen LogP contribution >= 0.6 is 8.81 Å². The van der Waals surface area contributed by atoms with E-state index >= 15 is 0 Å². The molecule has 12 heavy (non-hydrogen) atoms. The maximum Gasteiger partial charge on any atom is 0.333 e. The van der Waals surface area contributed by atoms with Gasteiger partial charge in [0.1, 0.15) is 0 Å². The second-order valence-electron chi connectivity index (χ2n) is 2.32. The van der Waals surface area contributed by atoms with Crippen LogP contribution in [0.15, 0.2) is 12.2 Å². The minimum Gasteiger partial charge on any atom is -0.462 e. The quantitative estimate of drug-likeness (QED) is 0.277. The average molecular weight is 190 g/mol. The van der Waals surface area contributed by atoms with Gasteiger partial charge < -0.3 is 9.26 Å². The zero-order valence-corrected chi connectivity index (χ0v) is 8.55. The molecule has 0 saturated carbocycles. The van der Waals surface area contributed by atoms with Crippen LogP contribution in [0.5, 0.6) is 0 Å². The third-order valence-electron chi connectivity index (χ3n) is 1.12. The molecule has 1 atom stereocenters. The van der Waals surface area contributed by atoms with Gasteiger partial charge in [0, 0.05) is 20.8 Å². The maximum absolute atomic E-state index is 10.8. The van der Waals surface area contributed by atoms with Gasteiger partial charge in [0.05, 0.1) is 13.2 Å². The number of hydrogen-bond acceptors (Lipinski definition) is 3. The molecule has 0 aromatic rings. The van der Waals surface area contributed by atoms with Crippen molar-refractivity contribution in [3.63, 3.8) is 0 Å². The van der Waals surface area contributed by atoms with Gasteiger partial charge in [-0.25, -0.2) is 4.79 Å². The number of ether oxygens (including phenoxy) is 1. The minimum atomic E-state index is -0.325. The first-order chi connectivity index (χ1) is 5.68. The maximum atomic E-state index is 10.8. The molecule has 70 valence electrons. The van der Waals surface area contributed by atoms with Crippen LogP contribution in [0.4, 0.5) is 0 Å². The van der Waals surface area contributed by atoms with Gasteiger partial charge in [-0.2, -0.15) is 0 Å². The summed E-state index contributed by atoms with van der Waals surface area (Å²) in [6.45, 7) is 8.12. The molecule has 0 aliphatic heterocycles. The SMILES string of the molecule is C=C(C)C(=O)OCCCOPC. The van der Waals surface area contributed by atoms with Crippen LogP contribution in [-0.2, 0) is 14.1 Å². The molecule has 4 heteroatoms. The zero-order chi connectivity index (χ0) is 9.40. The number of carbonyl (C=O) groups excluding carboxylic acids is 1. The molecule has 0 rings (SSSR count). The van der Waals surface area contributed by atoms with Crippen molar-refractivity contribution < 1.29 is 14.1 Å². The van der Waals surface area contributed by atoms with E-state index in [4.69, 9.17) is 9.26 Å². The largest absolute Gasteiger partial charge is 0.462 e. The Kier molecular flexibility index (Phi) is 7.02. The van der Waals surface area contributed by atoms with Crippen molar-refractivity contribution in [2.45, 2.75) is 13.3 Å². The summed E-state index contributed by atoms with van der Waals surface area (Å²) in [5, 5.41) is 0. The molecule has 0 saturated heterocycles. The standard InChI is InChI=1S/C8H15O3P/c1-7(2)8(9)10-5-4-6-11-12-3/h12H,1,4-6H2,2-3H3. The van der Waals surface area contributed by atoms with Crippen molar-refractivity contribution in [1.82, 2.24) is 0 Å². The molecule has 0 spiro atoms. The van der Waals surface area contributed by atoms with E-state index in [0.29, 0.717) is 27.6 Å². The lowest BCUT2D eigenvalue weighted by atomic mass is 10.4. The van der Waals surface area contributed by atoms with Crippen LogP contribution in [0.25, 0.3) is 0 Å². The summed E-state index contributed by atoms with van der Waals surface area (Å²) in [6.07, 6.45) is 0.750. The first kappa shape index (κ1) is 11.6. The Bertz CT molecular complexity index is 156. The minimum absolute atomic E-state index is 0.325. The van der Waals surface area contributed by atoms with E-state index in [1.54, 1.807) is 6.92 Å². The van der Waals surface area contributed by atoms with E-state index in [1.807, 2.05) is 6.66 Å². The van der Waals surface area contributed by atoms with Gasteiger partial charge in [-0.15, -0.1) is 0 Å². The summed E-state index contributed by atoms with van der Waals surface area (Å²) in [5.74, 6) is -0.325. The van der Waals surface area contributed by atoms with Crippen molar-refractivity contribution in [3.05, 3.63) is 12.2 Å². The summed E-state index contributed by atoms with van der Waals surface area (Å²) in [5.41, 5.74) is 0.438. The van der Waals surface area contributed by atoms with E-state index in [2.05, 4.69) is 6.58 Å². The van der Waals surface area contributed by atoms with Crippen molar-refractivity contribution in [2.24, 2.45) is 0 Å². The second kappa shape index (κ2) is 7.26. The summed E-state index contributed by atoms with van der Waals surface area (Å²) in [7, 11) is 0.501. The van der Waals surface area contributed by atoms with Gasteiger partial charge in [0.2, 0.25) is 0 Å². The first-order valence-electron chi connectivity index (χ1n) is 3.79. The van der Waals surface area contributed by atoms with E-state index in [9.17, 15) is 4.79 Å². The van der Waals surface area contributed by atoms with Gasteiger partial charge in [-0.05, 0) is 13.6 Å². The number of carbonyl (C=O) groups is 1. The van der Waals surface area contributed by atoms with Crippen LogP contribution in [0.2, 0.25) is 0 Å². The monoisotopic (exact) mass is 190 g/mol. The fourth-order valence-corrected chi connectivity index (χ4v) is 0.870. The van der Waals surface area contributed by atoms with Crippen LogP contribution in [-0.4, -0.2) is 25.8 Å². The molecule has 0 aliphatic rings. The highest BCUT2D eigenvalue weighted by Crippen LogP contribution is 2.04. The summed E-state index contributed by atoms with van der Waals surface area (Å²) >= 11 is 0. The molecule has 0 fully saturated rings. The number of esters is 1. The van der Waals surface area contributed by atoms with Gasteiger partial charge in [0.25, 0.3) is 0 Å². The Balaban J connectivity index is 3.20. The first-order valence-corrected chi connectivity index (χ1v) is 5.20. The molecule has 0 aromatic carbocycles. The van der Waals surface area contributed by atoms with E-state index in [0.717, 1.165) is 6.42 Å². The van der Waals surface area contributed by atoms with Crippen LogP contribution < -0.4 is 0 Å². The van der Waals surface area contributed by atoms with E-state index in [1.165, 1.54) is 0 Å². The van der Waals surface area contributed by atoms with Crippen LogP contribution in [0, 0.1) is 0 Å². The molecule has 0 radical (unpaired) electrons. The zero-order valence-electron chi connectivity index (χ0n) is 7.55. The van der Waals surface area contributed by atoms with Gasteiger partial charge in [-0.1, -0.05) is 6.58 Å². The second-order valence-corrected chi connectivity index (χ2v) is 3.02. The van der Waals surface area contributed by atoms with Crippen LogP contribution in [0.1, 0.15) is 13.3 Å². The van der Waals surface area contributed by atoms with Crippen molar-refractivity contribution in [3.8, 4) is 0 Å². The number of hydrogen-bond donors (Lipinski definition) is 0. The highest BCUT2D eigenvalue weighted by Gasteiger charge is 2.01. The van der Waals surface area contributed by atoms with Gasteiger partial charge in [-0.3, -0.25) is 0 Å². The lowest BCUT2D eigenvalue weighted by molar-refractivity contribution is -0.139. The molecule has 0 N–H and O–H groups in total. The molecule has 1 unspecified atom stereocenters. The lowest BCUT2D eigenvalue weighted by Crippen LogP contribution is -2.07. The molecule has 0 bridgehead atoms. The lowest BCUT2D eigenvalue weighted by Gasteiger charge is -2.03. The predicted octanol–water partition coefficient (Wildman–Crippen LogP) is 1.74. The van der Waals surface area contributed by atoms with Crippen molar-refractivity contribution in [2.75, 3.05) is 19.9 Å². The highest BCUT2D eigenvalue weighted by atomic mass is 31.1. The average Bonchev–Trinajstić information content (AvgIpc) is 2.03. The third kappa shape index (κ3) is 6.32. The normalized spacial score (nSPS) is 10.5. The van der Waals surface area contributed by atoms with Crippen molar-refractivity contribution >= 4 is 14.8 Å². The Morgan fingerprint density at radius 1 is 1.50 bits per heavy atom. The molecular formula is C8H15O3P. The molecule has 0 amide bonds. The Labute approximate surface area is 75.0 Å². The summed E-state index contributed by atoms with van der Waals surface area (Å²) < 4.78 is 9.92. The highest BCUT2D eigenvalue weighted by molar-refractivity contribution is 7.31. The van der Waals surface area contributed by atoms with Gasteiger partial charge >= 0.3 is 5.97 Å². The van der Waals surface area contributed by atoms with Gasteiger partial charge in [0.15, 0.2) is 0 Å². The van der Waals surface area contributed by atoms with E-state index in [-0.39, 0.29) is 5.97 Å². The third-order valence-corrected chi connectivity index (χ3v) is 1.61. The molecule has 0 aromatic heterocycles. The Morgan fingerprint density at radius 2 is 2.17 bits per heavy atom. The molecule has 3 nitrogen and oxygen atoms in total. The Hall–Kier alpha value is -0.400. The van der Waals surface area contributed by atoms with Crippen LogP contribution in [0.3, 0.4) is 0 Å². The molecule has 0 heterocycles. The topological polar surface area (TPSA) is 35.5 Å². The van der Waals surface area contributed by atoms with Crippen molar-refractivity contribution in [1.29, 1.82) is 0 Å². The fourth-order valence-electron chi connectivity index (χ4n) is 0.521. The summed E-state index contributed by atoms with van der Waals surface area (Å²) in [4.78, 5) is 10.8. The molecular weight excluding hydrogens is 175 g/mol. The smallest absolute Gasteiger partial charge is 0.333 e. The Morgan fingerprint density at radius 3 is 2.67 bits per heavy atom. The predicted molar refractivity (Wildman–Crippen MR) is 50.6 cm³/mol. The fraction of sp³-hybridized carbons (Fsp3) is 0.625. The summed E-state index contributed by atoms with van der Waals surface area (Å²) in [6, 6.07) is 0.